The summed E-state index contributed by atoms with van der Waals surface area (Å²) >= 11 is 0. The number of rotatable bonds is 3. The van der Waals surface area contributed by atoms with E-state index in [0.717, 1.165) is 11.5 Å². The lowest BCUT2D eigenvalue weighted by Gasteiger charge is -2.48. The monoisotopic (exact) mass is 269 g/mol. The van der Waals surface area contributed by atoms with E-state index < -0.39 is 0 Å². The molecule has 0 bridgehead atoms. The van der Waals surface area contributed by atoms with Crippen LogP contribution in [0.5, 0.6) is 0 Å². The predicted molar refractivity (Wildman–Crippen MR) is 88.8 cm³/mol. The van der Waals surface area contributed by atoms with Crippen molar-refractivity contribution >= 4 is 0 Å². The third-order valence-corrected chi connectivity index (χ3v) is 4.63. The predicted octanol–water partition coefficient (Wildman–Crippen LogP) is 5.88. The molecule has 0 atom stereocenters. The van der Waals surface area contributed by atoms with Crippen molar-refractivity contribution in [3.8, 4) is 0 Å². The Kier molecular flexibility index (Phi) is 10.7. The standard InChI is InChI=1S/C13H25N.C3H8.C2H6/c1-3-11-14(2)12-5-9-13(10-6-12)7-4-8-13;1-3-2;1-2/h12H,3-11H2,1-2H3;3H2,1-2H3;1-2H3. The molecule has 0 N–H and O–H groups in total. The van der Waals surface area contributed by atoms with Crippen LogP contribution in [0.2, 0.25) is 0 Å². The van der Waals surface area contributed by atoms with Gasteiger partial charge in [0.15, 0.2) is 0 Å². The molecule has 2 aliphatic carbocycles. The van der Waals surface area contributed by atoms with Gasteiger partial charge < -0.3 is 4.90 Å². The topological polar surface area (TPSA) is 3.24 Å². The summed E-state index contributed by atoms with van der Waals surface area (Å²) in [6.07, 6.45) is 13.1. The van der Waals surface area contributed by atoms with Crippen LogP contribution in [0.15, 0.2) is 0 Å². The zero-order chi connectivity index (χ0) is 14.7. The first-order chi connectivity index (χ1) is 9.17. The molecule has 0 aromatic carbocycles. The van der Waals surface area contributed by atoms with Gasteiger partial charge in [-0.15, -0.1) is 0 Å². The van der Waals surface area contributed by atoms with Gasteiger partial charge in [0.05, 0.1) is 0 Å². The van der Waals surface area contributed by atoms with Gasteiger partial charge in [-0.2, -0.15) is 0 Å². The van der Waals surface area contributed by atoms with Crippen molar-refractivity contribution in [2.45, 2.75) is 98.4 Å². The Morgan fingerprint density at radius 1 is 0.947 bits per heavy atom. The summed E-state index contributed by atoms with van der Waals surface area (Å²) in [6, 6.07) is 0.904. The maximum absolute atomic E-state index is 2.59. The van der Waals surface area contributed by atoms with Gasteiger partial charge in [0.1, 0.15) is 0 Å². The highest BCUT2D eigenvalue weighted by molar-refractivity contribution is 4.93. The summed E-state index contributed by atoms with van der Waals surface area (Å²) in [7, 11) is 2.31. The molecule has 0 aromatic rings. The Hall–Kier alpha value is -0.0400. The minimum absolute atomic E-state index is 0.837. The molecule has 0 unspecified atom stereocenters. The number of hydrogen-bond donors (Lipinski definition) is 0. The Morgan fingerprint density at radius 2 is 1.42 bits per heavy atom. The first kappa shape index (κ1) is 19.0. The minimum Gasteiger partial charge on any atom is -0.303 e. The van der Waals surface area contributed by atoms with Crippen molar-refractivity contribution in [1.82, 2.24) is 4.90 Å². The van der Waals surface area contributed by atoms with Gasteiger partial charge in [0.2, 0.25) is 0 Å². The smallest absolute Gasteiger partial charge is 0.00926 e. The van der Waals surface area contributed by atoms with Gasteiger partial charge in [-0.3, -0.25) is 0 Å². The van der Waals surface area contributed by atoms with E-state index in [1.807, 2.05) is 13.8 Å². The normalized spacial score (nSPS) is 21.0. The Bertz CT molecular complexity index is 186. The van der Waals surface area contributed by atoms with E-state index in [1.165, 1.54) is 64.3 Å². The zero-order valence-electron chi connectivity index (χ0n) is 14.6. The first-order valence-corrected chi connectivity index (χ1v) is 8.87. The molecule has 2 rings (SSSR count). The molecule has 2 saturated carbocycles. The van der Waals surface area contributed by atoms with Crippen LogP contribution in [0, 0.1) is 5.41 Å². The summed E-state index contributed by atoms with van der Waals surface area (Å²) in [5, 5.41) is 0. The van der Waals surface area contributed by atoms with E-state index in [2.05, 4.69) is 32.7 Å². The zero-order valence-corrected chi connectivity index (χ0v) is 14.6. The molecule has 1 spiro atoms. The average molecular weight is 270 g/mol. The van der Waals surface area contributed by atoms with Crippen LogP contribution in [0.4, 0.5) is 0 Å². The summed E-state index contributed by atoms with van der Waals surface area (Å²) in [6.45, 7) is 11.8. The molecule has 19 heavy (non-hydrogen) atoms. The van der Waals surface area contributed by atoms with Gasteiger partial charge in [0, 0.05) is 6.04 Å². The average Bonchev–Trinajstić information content (AvgIpc) is 2.41. The fraction of sp³-hybridized carbons (Fsp3) is 1.00. The van der Waals surface area contributed by atoms with Crippen LogP contribution in [-0.2, 0) is 0 Å². The molecule has 116 valence electrons. The molecule has 0 heterocycles. The van der Waals surface area contributed by atoms with Crippen LogP contribution in [-0.4, -0.2) is 24.5 Å². The maximum Gasteiger partial charge on any atom is 0.00926 e. The molecule has 0 saturated heterocycles. The van der Waals surface area contributed by atoms with E-state index >= 15 is 0 Å². The summed E-state index contributed by atoms with van der Waals surface area (Å²) in [4.78, 5) is 2.59. The summed E-state index contributed by atoms with van der Waals surface area (Å²) in [5.41, 5.74) is 0.837. The molecular weight excluding hydrogens is 230 g/mol. The lowest BCUT2D eigenvalue weighted by atomic mass is 9.60. The Morgan fingerprint density at radius 3 is 1.74 bits per heavy atom. The highest BCUT2D eigenvalue weighted by Gasteiger charge is 2.40. The Balaban J connectivity index is 0.000000573. The molecule has 2 aliphatic rings. The van der Waals surface area contributed by atoms with Crippen molar-refractivity contribution in [2.75, 3.05) is 13.6 Å². The molecule has 0 aliphatic heterocycles. The van der Waals surface area contributed by atoms with E-state index in [-0.39, 0.29) is 0 Å². The third-order valence-electron chi connectivity index (χ3n) is 4.63. The third kappa shape index (κ3) is 6.29. The fourth-order valence-electron chi connectivity index (χ4n) is 3.37. The number of nitrogens with zero attached hydrogens (tertiary/aromatic N) is 1. The summed E-state index contributed by atoms with van der Waals surface area (Å²) < 4.78 is 0. The quantitative estimate of drug-likeness (QED) is 0.618. The highest BCUT2D eigenvalue weighted by atomic mass is 15.1. The fourth-order valence-corrected chi connectivity index (χ4v) is 3.37. The molecular formula is C18H39N. The lowest BCUT2D eigenvalue weighted by molar-refractivity contribution is 0.0380. The van der Waals surface area contributed by atoms with E-state index in [0.29, 0.717) is 0 Å². The van der Waals surface area contributed by atoms with E-state index in [9.17, 15) is 0 Å². The Labute approximate surface area is 123 Å². The highest BCUT2D eigenvalue weighted by Crippen LogP contribution is 2.51. The van der Waals surface area contributed by atoms with Crippen LogP contribution in [0.1, 0.15) is 92.4 Å². The van der Waals surface area contributed by atoms with Gasteiger partial charge in [0.25, 0.3) is 0 Å². The second-order valence-corrected chi connectivity index (χ2v) is 6.27. The molecule has 2 fully saturated rings. The molecule has 1 heteroatoms. The van der Waals surface area contributed by atoms with Crippen LogP contribution < -0.4 is 0 Å². The second-order valence-electron chi connectivity index (χ2n) is 6.27. The van der Waals surface area contributed by atoms with Crippen molar-refractivity contribution in [3.05, 3.63) is 0 Å². The van der Waals surface area contributed by atoms with Crippen LogP contribution in [0.25, 0.3) is 0 Å². The van der Waals surface area contributed by atoms with Gasteiger partial charge in [-0.25, -0.2) is 0 Å². The molecule has 0 radical (unpaired) electrons. The summed E-state index contributed by atoms with van der Waals surface area (Å²) in [5.74, 6) is 0. The largest absolute Gasteiger partial charge is 0.303 e. The van der Waals surface area contributed by atoms with Gasteiger partial charge in [-0.05, 0) is 64.0 Å². The van der Waals surface area contributed by atoms with Crippen LogP contribution in [0.3, 0.4) is 0 Å². The van der Waals surface area contributed by atoms with E-state index in [4.69, 9.17) is 0 Å². The molecule has 0 amide bonds. The molecule has 0 aromatic heterocycles. The van der Waals surface area contributed by atoms with Gasteiger partial charge >= 0.3 is 0 Å². The van der Waals surface area contributed by atoms with Crippen molar-refractivity contribution in [2.24, 2.45) is 5.41 Å². The SMILES string of the molecule is CC.CCC.CCCN(C)C1CCC2(CCC2)CC1. The first-order valence-electron chi connectivity index (χ1n) is 8.87. The van der Waals surface area contributed by atoms with Crippen molar-refractivity contribution in [1.29, 1.82) is 0 Å². The maximum atomic E-state index is 2.59. The number of hydrogen-bond acceptors (Lipinski definition) is 1. The van der Waals surface area contributed by atoms with Gasteiger partial charge in [-0.1, -0.05) is 47.5 Å². The lowest BCUT2D eigenvalue weighted by Crippen LogP contribution is -2.41. The van der Waals surface area contributed by atoms with Crippen LogP contribution >= 0.6 is 0 Å². The second kappa shape index (κ2) is 10.7. The van der Waals surface area contributed by atoms with Crippen molar-refractivity contribution < 1.29 is 0 Å². The van der Waals surface area contributed by atoms with Crippen molar-refractivity contribution in [3.63, 3.8) is 0 Å². The molecule has 1 nitrogen and oxygen atoms in total. The van der Waals surface area contributed by atoms with E-state index in [1.54, 1.807) is 0 Å². The minimum atomic E-state index is 0.837.